The van der Waals surface area contributed by atoms with Crippen LogP contribution in [0.4, 0.5) is 5.69 Å². The molecule has 94 valence electrons. The Morgan fingerprint density at radius 3 is 2.89 bits per heavy atom. The number of piperidine rings is 1. The van der Waals surface area contributed by atoms with Gasteiger partial charge in [0, 0.05) is 29.0 Å². The molecule has 0 saturated carbocycles. The van der Waals surface area contributed by atoms with Crippen LogP contribution in [0.25, 0.3) is 10.8 Å². The Kier molecular flexibility index (Phi) is 3.15. The number of benzene rings is 1. The van der Waals surface area contributed by atoms with Crippen molar-refractivity contribution in [1.29, 1.82) is 0 Å². The van der Waals surface area contributed by atoms with Gasteiger partial charge in [0.2, 0.25) is 0 Å². The standard InChI is InChI=1S/C15H19N3/c1-11-15-3-2-14(10-12(15)4-9-17-11)18-13-5-7-16-8-6-13/h2-4,9-10,13,16,18H,5-8H2,1H3. The van der Waals surface area contributed by atoms with Crippen LogP contribution in [-0.2, 0) is 0 Å². The molecule has 3 heteroatoms. The largest absolute Gasteiger partial charge is 0.382 e. The lowest BCUT2D eigenvalue weighted by atomic mass is 10.1. The van der Waals surface area contributed by atoms with Crippen molar-refractivity contribution in [2.75, 3.05) is 18.4 Å². The molecule has 0 unspecified atom stereocenters. The molecule has 2 N–H and O–H groups in total. The van der Waals surface area contributed by atoms with Gasteiger partial charge in [-0.2, -0.15) is 0 Å². The van der Waals surface area contributed by atoms with E-state index in [1.54, 1.807) is 0 Å². The van der Waals surface area contributed by atoms with E-state index in [4.69, 9.17) is 0 Å². The average molecular weight is 241 g/mol. The van der Waals surface area contributed by atoms with Crippen LogP contribution in [-0.4, -0.2) is 24.1 Å². The molecule has 0 spiro atoms. The second kappa shape index (κ2) is 4.94. The van der Waals surface area contributed by atoms with Gasteiger partial charge in [0.25, 0.3) is 0 Å². The first kappa shape index (κ1) is 11.5. The zero-order valence-corrected chi connectivity index (χ0v) is 10.7. The molecule has 1 saturated heterocycles. The minimum absolute atomic E-state index is 0.603. The van der Waals surface area contributed by atoms with Gasteiger partial charge in [0.05, 0.1) is 0 Å². The Bertz CT molecular complexity index is 544. The third-order valence-electron chi connectivity index (χ3n) is 3.67. The summed E-state index contributed by atoms with van der Waals surface area (Å²) in [6.45, 7) is 4.30. The smallest absolute Gasteiger partial charge is 0.0450 e. The Balaban J connectivity index is 1.84. The van der Waals surface area contributed by atoms with Gasteiger partial charge in [-0.1, -0.05) is 6.07 Å². The van der Waals surface area contributed by atoms with Gasteiger partial charge < -0.3 is 10.6 Å². The lowest BCUT2D eigenvalue weighted by Crippen LogP contribution is -2.35. The molecule has 0 atom stereocenters. The normalized spacial score (nSPS) is 16.9. The Morgan fingerprint density at radius 2 is 2.06 bits per heavy atom. The molecule has 2 aromatic rings. The van der Waals surface area contributed by atoms with E-state index in [0.29, 0.717) is 6.04 Å². The summed E-state index contributed by atoms with van der Waals surface area (Å²) in [5, 5.41) is 9.53. The summed E-state index contributed by atoms with van der Waals surface area (Å²) in [5.74, 6) is 0. The van der Waals surface area contributed by atoms with Gasteiger partial charge in [-0.25, -0.2) is 0 Å². The summed E-state index contributed by atoms with van der Waals surface area (Å²) in [4.78, 5) is 4.32. The average Bonchev–Trinajstić information content (AvgIpc) is 2.40. The molecule has 0 aliphatic carbocycles. The molecule has 0 radical (unpaired) electrons. The molecule has 1 aliphatic rings. The Hall–Kier alpha value is -1.61. The highest BCUT2D eigenvalue weighted by Crippen LogP contribution is 2.22. The highest BCUT2D eigenvalue weighted by Gasteiger charge is 2.12. The van der Waals surface area contributed by atoms with E-state index >= 15 is 0 Å². The monoisotopic (exact) mass is 241 g/mol. The van der Waals surface area contributed by atoms with E-state index in [-0.39, 0.29) is 0 Å². The number of pyridine rings is 1. The maximum absolute atomic E-state index is 4.32. The zero-order valence-electron chi connectivity index (χ0n) is 10.7. The fourth-order valence-electron chi connectivity index (χ4n) is 2.62. The van der Waals surface area contributed by atoms with Crippen LogP contribution < -0.4 is 10.6 Å². The van der Waals surface area contributed by atoms with Crippen LogP contribution in [0.2, 0.25) is 0 Å². The molecule has 3 rings (SSSR count). The molecule has 0 bridgehead atoms. The molecular formula is C15H19N3. The van der Waals surface area contributed by atoms with Gasteiger partial charge in [-0.05, 0) is 56.4 Å². The second-order valence-electron chi connectivity index (χ2n) is 5.00. The van der Waals surface area contributed by atoms with E-state index in [1.165, 1.54) is 29.3 Å². The summed E-state index contributed by atoms with van der Waals surface area (Å²) < 4.78 is 0. The summed E-state index contributed by atoms with van der Waals surface area (Å²) in [5.41, 5.74) is 2.32. The van der Waals surface area contributed by atoms with Gasteiger partial charge in [0.15, 0.2) is 0 Å². The molecule has 1 aromatic heterocycles. The lowest BCUT2D eigenvalue weighted by molar-refractivity contribution is 0.479. The van der Waals surface area contributed by atoms with Crippen molar-refractivity contribution in [2.45, 2.75) is 25.8 Å². The van der Waals surface area contributed by atoms with Crippen LogP contribution in [0.1, 0.15) is 18.5 Å². The fourth-order valence-corrected chi connectivity index (χ4v) is 2.62. The van der Waals surface area contributed by atoms with Crippen molar-refractivity contribution in [3.8, 4) is 0 Å². The van der Waals surface area contributed by atoms with Crippen molar-refractivity contribution in [1.82, 2.24) is 10.3 Å². The van der Waals surface area contributed by atoms with Gasteiger partial charge >= 0.3 is 0 Å². The number of aryl methyl sites for hydroxylation is 1. The topological polar surface area (TPSA) is 37.0 Å². The first-order chi connectivity index (χ1) is 8.83. The van der Waals surface area contributed by atoms with E-state index in [2.05, 4.69) is 46.8 Å². The summed E-state index contributed by atoms with van der Waals surface area (Å²) in [6, 6.07) is 9.24. The van der Waals surface area contributed by atoms with E-state index in [0.717, 1.165) is 18.8 Å². The highest BCUT2D eigenvalue weighted by atomic mass is 15.0. The molecule has 1 fully saturated rings. The maximum Gasteiger partial charge on any atom is 0.0450 e. The summed E-state index contributed by atoms with van der Waals surface area (Å²) >= 11 is 0. The number of aromatic nitrogens is 1. The number of fused-ring (bicyclic) bond motifs is 1. The summed E-state index contributed by atoms with van der Waals surface area (Å²) in [7, 11) is 0. The minimum atomic E-state index is 0.603. The zero-order chi connectivity index (χ0) is 12.4. The van der Waals surface area contributed by atoms with E-state index in [1.807, 2.05) is 6.20 Å². The van der Waals surface area contributed by atoms with Crippen molar-refractivity contribution < 1.29 is 0 Å². The van der Waals surface area contributed by atoms with Crippen LogP contribution in [0.15, 0.2) is 30.5 Å². The Morgan fingerprint density at radius 1 is 1.22 bits per heavy atom. The maximum atomic E-state index is 4.32. The lowest BCUT2D eigenvalue weighted by Gasteiger charge is -2.24. The molecule has 1 aromatic carbocycles. The van der Waals surface area contributed by atoms with Crippen LogP contribution in [0.5, 0.6) is 0 Å². The predicted molar refractivity (Wildman–Crippen MR) is 76.0 cm³/mol. The van der Waals surface area contributed by atoms with Gasteiger partial charge in [0.1, 0.15) is 0 Å². The van der Waals surface area contributed by atoms with Crippen molar-refractivity contribution >= 4 is 16.5 Å². The molecular weight excluding hydrogens is 222 g/mol. The van der Waals surface area contributed by atoms with Crippen molar-refractivity contribution in [3.63, 3.8) is 0 Å². The number of hydrogen-bond donors (Lipinski definition) is 2. The molecule has 1 aliphatic heterocycles. The number of nitrogens with zero attached hydrogens (tertiary/aromatic N) is 1. The third-order valence-corrected chi connectivity index (χ3v) is 3.67. The number of rotatable bonds is 2. The van der Waals surface area contributed by atoms with Crippen molar-refractivity contribution in [2.24, 2.45) is 0 Å². The SMILES string of the molecule is Cc1nccc2cc(NC3CCNCC3)ccc12. The van der Waals surface area contributed by atoms with Crippen LogP contribution in [0, 0.1) is 6.92 Å². The summed E-state index contributed by atoms with van der Waals surface area (Å²) in [6.07, 6.45) is 4.28. The second-order valence-corrected chi connectivity index (χ2v) is 5.00. The molecule has 2 heterocycles. The van der Waals surface area contributed by atoms with E-state index in [9.17, 15) is 0 Å². The van der Waals surface area contributed by atoms with Crippen LogP contribution in [0.3, 0.4) is 0 Å². The van der Waals surface area contributed by atoms with Gasteiger partial charge in [-0.3, -0.25) is 4.98 Å². The molecule has 18 heavy (non-hydrogen) atoms. The quantitative estimate of drug-likeness (QED) is 0.849. The van der Waals surface area contributed by atoms with E-state index < -0.39 is 0 Å². The fraction of sp³-hybridized carbons (Fsp3) is 0.400. The number of anilines is 1. The Labute approximate surface area is 108 Å². The first-order valence-corrected chi connectivity index (χ1v) is 6.65. The number of nitrogens with one attached hydrogen (secondary N) is 2. The van der Waals surface area contributed by atoms with Crippen LogP contribution >= 0.6 is 0 Å². The predicted octanol–water partition coefficient (Wildman–Crippen LogP) is 2.71. The van der Waals surface area contributed by atoms with Gasteiger partial charge in [-0.15, -0.1) is 0 Å². The molecule has 0 amide bonds. The minimum Gasteiger partial charge on any atom is -0.382 e. The molecule has 3 nitrogen and oxygen atoms in total. The first-order valence-electron chi connectivity index (χ1n) is 6.65. The highest BCUT2D eigenvalue weighted by molar-refractivity contribution is 5.87. The third kappa shape index (κ3) is 2.31. The number of hydrogen-bond acceptors (Lipinski definition) is 3. The van der Waals surface area contributed by atoms with Crippen molar-refractivity contribution in [3.05, 3.63) is 36.2 Å².